The van der Waals surface area contributed by atoms with E-state index in [0.717, 1.165) is 24.5 Å². The molecule has 0 heterocycles. The van der Waals surface area contributed by atoms with Crippen LogP contribution in [0.25, 0.3) is 0 Å². The quantitative estimate of drug-likeness (QED) is 0.834. The first-order valence-corrected chi connectivity index (χ1v) is 8.07. The van der Waals surface area contributed by atoms with Crippen LogP contribution >= 0.6 is 0 Å². The van der Waals surface area contributed by atoms with Crippen molar-refractivity contribution in [3.8, 4) is 0 Å². The summed E-state index contributed by atoms with van der Waals surface area (Å²) >= 11 is 0. The monoisotopic (exact) mass is 326 g/mol. The number of carbonyl (C=O) groups is 1. The predicted molar refractivity (Wildman–Crippen MR) is 82.0 cm³/mol. The van der Waals surface area contributed by atoms with Crippen LogP contribution in [-0.2, 0) is 6.18 Å². The largest absolute Gasteiger partial charge is 0.416 e. The summed E-state index contributed by atoms with van der Waals surface area (Å²) in [7, 11) is 0. The minimum Gasteiger partial charge on any atom is -0.335 e. The maximum atomic E-state index is 12.7. The van der Waals surface area contributed by atoms with Gasteiger partial charge in [0.25, 0.3) is 0 Å². The number of urea groups is 1. The van der Waals surface area contributed by atoms with Crippen LogP contribution in [0.4, 0.5) is 23.7 Å². The van der Waals surface area contributed by atoms with Gasteiger partial charge in [0.1, 0.15) is 0 Å². The molecule has 0 radical (unpaired) electrons. The molecule has 2 aliphatic rings. The number of amides is 2. The van der Waals surface area contributed by atoms with Crippen LogP contribution in [0.3, 0.4) is 0 Å². The van der Waals surface area contributed by atoms with Gasteiger partial charge in [-0.1, -0.05) is 12.5 Å². The third-order valence-electron chi connectivity index (χ3n) is 5.24. The number of fused-ring (bicyclic) bond motifs is 2. The molecule has 2 amide bonds. The highest BCUT2D eigenvalue weighted by Gasteiger charge is 2.42. The van der Waals surface area contributed by atoms with Gasteiger partial charge in [0.05, 0.1) is 5.56 Å². The molecule has 6 heteroatoms. The van der Waals surface area contributed by atoms with E-state index >= 15 is 0 Å². The van der Waals surface area contributed by atoms with E-state index in [9.17, 15) is 18.0 Å². The summed E-state index contributed by atoms with van der Waals surface area (Å²) in [6.07, 6.45) is 0.521. The van der Waals surface area contributed by atoms with Crippen molar-refractivity contribution in [2.24, 2.45) is 17.8 Å². The number of anilines is 1. The van der Waals surface area contributed by atoms with Crippen molar-refractivity contribution < 1.29 is 18.0 Å². The van der Waals surface area contributed by atoms with Crippen LogP contribution in [-0.4, -0.2) is 12.1 Å². The van der Waals surface area contributed by atoms with Crippen molar-refractivity contribution in [1.82, 2.24) is 5.32 Å². The van der Waals surface area contributed by atoms with Crippen LogP contribution < -0.4 is 10.6 Å². The topological polar surface area (TPSA) is 41.1 Å². The van der Waals surface area contributed by atoms with Gasteiger partial charge in [-0.2, -0.15) is 13.2 Å². The van der Waals surface area contributed by atoms with Gasteiger partial charge in [-0.3, -0.25) is 0 Å². The predicted octanol–water partition coefficient (Wildman–Crippen LogP) is 4.65. The molecule has 0 spiro atoms. The SMILES string of the molecule is C[C@H](NC(=O)Nc1cccc(C(F)(F)F)c1)[C@H]1C[C@@H]2CC[C@@H]1C2. The lowest BCUT2D eigenvalue weighted by Gasteiger charge is -2.28. The highest BCUT2D eigenvalue weighted by Crippen LogP contribution is 2.49. The molecule has 2 bridgehead atoms. The fourth-order valence-electron chi connectivity index (χ4n) is 4.16. The molecule has 126 valence electrons. The average Bonchev–Trinajstić information content (AvgIpc) is 3.09. The van der Waals surface area contributed by atoms with E-state index in [2.05, 4.69) is 10.6 Å². The van der Waals surface area contributed by atoms with Gasteiger partial charge in [0.15, 0.2) is 0 Å². The standard InChI is InChI=1S/C17H21F3N2O/c1-10(15-8-11-5-6-12(15)7-11)21-16(23)22-14-4-2-3-13(9-14)17(18,19)20/h2-4,9-12,15H,5-8H2,1H3,(H2,21,22,23)/t10-,11+,12+,15+/m0/s1. The second-order valence-corrected chi connectivity index (χ2v) is 6.80. The Morgan fingerprint density at radius 2 is 2.04 bits per heavy atom. The second-order valence-electron chi connectivity index (χ2n) is 6.80. The Balaban J connectivity index is 1.57. The number of halogens is 3. The van der Waals surface area contributed by atoms with Gasteiger partial charge < -0.3 is 10.6 Å². The minimum absolute atomic E-state index is 0.0381. The molecule has 0 aliphatic heterocycles. The van der Waals surface area contributed by atoms with Gasteiger partial charge in [0.2, 0.25) is 0 Å². The maximum absolute atomic E-state index is 12.7. The van der Waals surface area contributed by atoms with Gasteiger partial charge in [-0.25, -0.2) is 4.79 Å². The summed E-state index contributed by atoms with van der Waals surface area (Å²) in [6.45, 7) is 1.98. The Morgan fingerprint density at radius 3 is 2.65 bits per heavy atom. The van der Waals surface area contributed by atoms with E-state index in [1.165, 1.54) is 31.4 Å². The summed E-state index contributed by atoms with van der Waals surface area (Å²) in [6, 6.07) is 4.27. The van der Waals surface area contributed by atoms with E-state index in [1.807, 2.05) is 6.92 Å². The molecule has 1 aromatic rings. The van der Waals surface area contributed by atoms with E-state index in [4.69, 9.17) is 0 Å². The van der Waals surface area contributed by atoms with Crippen molar-refractivity contribution in [1.29, 1.82) is 0 Å². The Morgan fingerprint density at radius 1 is 1.26 bits per heavy atom. The van der Waals surface area contributed by atoms with Crippen molar-refractivity contribution in [3.05, 3.63) is 29.8 Å². The summed E-state index contributed by atoms with van der Waals surface area (Å²) in [5.74, 6) is 1.96. The highest BCUT2D eigenvalue weighted by atomic mass is 19.4. The lowest BCUT2D eigenvalue weighted by molar-refractivity contribution is -0.137. The number of rotatable bonds is 3. The third kappa shape index (κ3) is 3.62. The van der Waals surface area contributed by atoms with Crippen LogP contribution in [0, 0.1) is 17.8 Å². The van der Waals surface area contributed by atoms with Gasteiger partial charge in [0, 0.05) is 11.7 Å². The number of benzene rings is 1. The number of hydrogen-bond donors (Lipinski definition) is 2. The summed E-state index contributed by atoms with van der Waals surface area (Å²) in [5, 5.41) is 5.38. The molecule has 3 nitrogen and oxygen atoms in total. The molecule has 2 fully saturated rings. The zero-order chi connectivity index (χ0) is 16.6. The maximum Gasteiger partial charge on any atom is 0.416 e. The molecule has 3 rings (SSSR count). The Kier molecular flexibility index (Phi) is 4.25. The van der Waals surface area contributed by atoms with Crippen LogP contribution in [0.1, 0.15) is 38.2 Å². The fourth-order valence-corrected chi connectivity index (χ4v) is 4.16. The molecule has 4 atom stereocenters. The zero-order valence-corrected chi connectivity index (χ0v) is 13.0. The first kappa shape index (κ1) is 16.1. The summed E-state index contributed by atoms with van der Waals surface area (Å²) < 4.78 is 38.0. The molecule has 2 aliphatic carbocycles. The molecule has 0 unspecified atom stereocenters. The molecule has 0 aromatic heterocycles. The van der Waals surface area contributed by atoms with Gasteiger partial charge in [-0.05, 0) is 62.1 Å². The third-order valence-corrected chi connectivity index (χ3v) is 5.24. The smallest absolute Gasteiger partial charge is 0.335 e. The Labute approximate surface area is 133 Å². The molecule has 2 saturated carbocycles. The van der Waals surface area contributed by atoms with E-state index in [-0.39, 0.29) is 11.7 Å². The zero-order valence-electron chi connectivity index (χ0n) is 13.0. The van der Waals surface area contributed by atoms with Gasteiger partial charge >= 0.3 is 12.2 Å². The summed E-state index contributed by atoms with van der Waals surface area (Å²) in [4.78, 5) is 12.0. The molecule has 0 saturated heterocycles. The first-order valence-electron chi connectivity index (χ1n) is 8.07. The lowest BCUT2D eigenvalue weighted by Crippen LogP contribution is -2.42. The van der Waals surface area contributed by atoms with Crippen molar-refractivity contribution in [2.75, 3.05) is 5.32 Å². The van der Waals surface area contributed by atoms with Gasteiger partial charge in [-0.15, -0.1) is 0 Å². The highest BCUT2D eigenvalue weighted by molar-refractivity contribution is 5.89. The number of hydrogen-bond acceptors (Lipinski definition) is 1. The normalized spacial score (nSPS) is 27.7. The molecule has 1 aromatic carbocycles. The van der Waals surface area contributed by atoms with E-state index in [1.54, 1.807) is 0 Å². The number of alkyl halides is 3. The molecule has 2 N–H and O–H groups in total. The number of nitrogens with one attached hydrogen (secondary N) is 2. The van der Waals surface area contributed by atoms with E-state index in [0.29, 0.717) is 11.8 Å². The number of carbonyl (C=O) groups excluding carboxylic acids is 1. The van der Waals surface area contributed by atoms with Crippen molar-refractivity contribution in [2.45, 2.75) is 44.8 Å². The Hall–Kier alpha value is -1.72. The van der Waals surface area contributed by atoms with Crippen LogP contribution in [0.15, 0.2) is 24.3 Å². The second kappa shape index (κ2) is 6.06. The van der Waals surface area contributed by atoms with Crippen LogP contribution in [0.2, 0.25) is 0 Å². The molecule has 23 heavy (non-hydrogen) atoms. The van der Waals surface area contributed by atoms with Crippen molar-refractivity contribution >= 4 is 11.7 Å². The minimum atomic E-state index is -4.41. The molecular weight excluding hydrogens is 305 g/mol. The van der Waals surface area contributed by atoms with Crippen LogP contribution in [0.5, 0.6) is 0 Å². The Bertz CT molecular complexity index is 587. The first-order chi connectivity index (χ1) is 10.8. The fraction of sp³-hybridized carbons (Fsp3) is 0.588. The van der Waals surface area contributed by atoms with E-state index < -0.39 is 17.8 Å². The molecular formula is C17H21F3N2O. The van der Waals surface area contributed by atoms with Crippen molar-refractivity contribution in [3.63, 3.8) is 0 Å². The lowest BCUT2D eigenvalue weighted by atomic mass is 9.84. The summed E-state index contributed by atoms with van der Waals surface area (Å²) in [5.41, 5.74) is -0.617. The average molecular weight is 326 g/mol.